The van der Waals surface area contributed by atoms with Gasteiger partial charge in [-0.1, -0.05) is 152 Å². The molecule has 4 nitrogen and oxygen atoms in total. The molecule has 0 aliphatic rings. The van der Waals surface area contributed by atoms with Crippen LogP contribution >= 0.6 is 0 Å². The molecule has 0 saturated carbocycles. The maximum atomic E-state index is 6.68. The van der Waals surface area contributed by atoms with Crippen molar-refractivity contribution in [3.63, 3.8) is 0 Å². The minimum Gasteiger partial charge on any atom is -0.455 e. The maximum Gasteiger partial charge on any atom is 0.164 e. The topological polar surface area (TPSA) is 51.8 Å². The van der Waals surface area contributed by atoms with E-state index in [9.17, 15) is 0 Å². The SMILES string of the molecule is c1ccc(-c2nc(-c3ccc(-c4cccc5ccccc45)cc3)nc(-c3cccc4oc5c(ccc6ccc7ccccc7c65)c34)n2)cc1. The fourth-order valence-electron chi connectivity index (χ4n) is 7.18. The molecule has 0 fully saturated rings. The normalized spacial score (nSPS) is 11.7. The van der Waals surface area contributed by atoms with Gasteiger partial charge in [0.15, 0.2) is 17.5 Å². The van der Waals surface area contributed by atoms with Crippen molar-refractivity contribution in [3.8, 4) is 45.3 Å². The minimum atomic E-state index is 0.605. The number of benzene rings is 8. The average molecular weight is 626 g/mol. The molecule has 49 heavy (non-hydrogen) atoms. The van der Waals surface area contributed by atoms with Crippen LogP contribution in [-0.2, 0) is 0 Å². The fourth-order valence-corrected chi connectivity index (χ4v) is 7.18. The van der Waals surface area contributed by atoms with E-state index in [1.54, 1.807) is 0 Å². The van der Waals surface area contributed by atoms with Gasteiger partial charge in [0.05, 0.1) is 0 Å². The van der Waals surface area contributed by atoms with E-state index >= 15 is 0 Å². The number of hydrogen-bond donors (Lipinski definition) is 0. The number of furan rings is 1. The van der Waals surface area contributed by atoms with Crippen molar-refractivity contribution < 1.29 is 4.42 Å². The summed E-state index contributed by atoms with van der Waals surface area (Å²) in [6, 6.07) is 56.9. The predicted octanol–water partition coefficient (Wildman–Crippen LogP) is 11.9. The zero-order valence-corrected chi connectivity index (χ0v) is 26.3. The Bertz CT molecular complexity index is 2870. The minimum absolute atomic E-state index is 0.605. The molecular formula is C45H27N3O. The molecule has 2 heterocycles. The lowest BCUT2D eigenvalue weighted by Crippen LogP contribution is -2.00. The number of rotatable bonds is 4. The quantitative estimate of drug-likeness (QED) is 0.183. The molecule has 0 amide bonds. The largest absolute Gasteiger partial charge is 0.455 e. The third-order valence-corrected chi connectivity index (χ3v) is 9.52. The van der Waals surface area contributed by atoms with E-state index in [1.165, 1.54) is 27.1 Å². The van der Waals surface area contributed by atoms with Crippen molar-refractivity contribution >= 4 is 54.3 Å². The van der Waals surface area contributed by atoms with Gasteiger partial charge in [-0.05, 0) is 50.2 Å². The van der Waals surface area contributed by atoms with E-state index in [0.717, 1.165) is 55.0 Å². The van der Waals surface area contributed by atoms with E-state index in [0.29, 0.717) is 17.5 Å². The van der Waals surface area contributed by atoms with Crippen molar-refractivity contribution in [2.24, 2.45) is 0 Å². The van der Waals surface area contributed by atoms with Gasteiger partial charge in [-0.15, -0.1) is 0 Å². The van der Waals surface area contributed by atoms with E-state index in [2.05, 4.69) is 121 Å². The second kappa shape index (κ2) is 11.0. The summed E-state index contributed by atoms with van der Waals surface area (Å²) in [7, 11) is 0. The van der Waals surface area contributed by atoms with Gasteiger partial charge in [0.1, 0.15) is 11.2 Å². The molecule has 0 spiro atoms. The van der Waals surface area contributed by atoms with Crippen LogP contribution in [0.4, 0.5) is 0 Å². The van der Waals surface area contributed by atoms with E-state index in [4.69, 9.17) is 19.4 Å². The monoisotopic (exact) mass is 625 g/mol. The first-order chi connectivity index (χ1) is 24.3. The van der Waals surface area contributed by atoms with Gasteiger partial charge in [0, 0.05) is 32.8 Å². The highest BCUT2D eigenvalue weighted by Gasteiger charge is 2.19. The summed E-state index contributed by atoms with van der Waals surface area (Å²) in [6.45, 7) is 0. The molecule has 10 aromatic rings. The summed E-state index contributed by atoms with van der Waals surface area (Å²) in [5.41, 5.74) is 6.78. The molecule has 0 unspecified atom stereocenters. The highest BCUT2D eigenvalue weighted by Crippen LogP contribution is 2.41. The van der Waals surface area contributed by atoms with Gasteiger partial charge in [-0.25, -0.2) is 15.0 Å². The van der Waals surface area contributed by atoms with Crippen molar-refractivity contribution in [1.82, 2.24) is 15.0 Å². The van der Waals surface area contributed by atoms with Crippen LogP contribution in [0.15, 0.2) is 168 Å². The van der Waals surface area contributed by atoms with Crippen LogP contribution in [0.1, 0.15) is 0 Å². The second-order valence-electron chi connectivity index (χ2n) is 12.4. The third-order valence-electron chi connectivity index (χ3n) is 9.52. The van der Waals surface area contributed by atoms with Crippen LogP contribution in [0.5, 0.6) is 0 Å². The summed E-state index contributed by atoms with van der Waals surface area (Å²) in [5, 5.41) is 9.11. The number of aromatic nitrogens is 3. The van der Waals surface area contributed by atoms with Crippen molar-refractivity contribution in [1.29, 1.82) is 0 Å². The molecule has 228 valence electrons. The standard InChI is InChI=1S/C45H27N3O/c1-2-12-32(13-3-1)43-46-44(33-24-21-30(22-25-33)35-17-8-14-28-10-4-6-15-34(28)35)48-45(47-43)38-18-9-19-39-41(38)37-27-26-31-23-20-29-11-5-7-16-36(29)40(31)42(37)49-39/h1-27H. The molecule has 0 N–H and O–H groups in total. The molecule has 0 radical (unpaired) electrons. The van der Waals surface area contributed by atoms with Crippen LogP contribution < -0.4 is 0 Å². The Morgan fingerprint density at radius 2 is 0.898 bits per heavy atom. The number of nitrogens with zero attached hydrogens (tertiary/aromatic N) is 3. The molecule has 0 aliphatic carbocycles. The van der Waals surface area contributed by atoms with Gasteiger partial charge < -0.3 is 4.42 Å². The molecule has 0 aliphatic heterocycles. The first kappa shape index (κ1) is 27.5. The highest BCUT2D eigenvalue weighted by molar-refractivity contribution is 6.24. The molecular weight excluding hydrogens is 599 g/mol. The fraction of sp³-hybridized carbons (Fsp3) is 0. The van der Waals surface area contributed by atoms with Crippen LogP contribution in [0, 0.1) is 0 Å². The molecule has 0 saturated heterocycles. The number of hydrogen-bond acceptors (Lipinski definition) is 4. The maximum absolute atomic E-state index is 6.68. The van der Waals surface area contributed by atoms with Crippen molar-refractivity contribution in [2.75, 3.05) is 0 Å². The van der Waals surface area contributed by atoms with Crippen LogP contribution in [-0.4, -0.2) is 15.0 Å². The second-order valence-corrected chi connectivity index (χ2v) is 12.4. The molecule has 10 rings (SSSR count). The predicted molar refractivity (Wildman–Crippen MR) is 201 cm³/mol. The Hall–Kier alpha value is -6.65. The van der Waals surface area contributed by atoms with E-state index < -0.39 is 0 Å². The van der Waals surface area contributed by atoms with Gasteiger partial charge in [-0.2, -0.15) is 0 Å². The average Bonchev–Trinajstić information content (AvgIpc) is 3.57. The summed E-state index contributed by atoms with van der Waals surface area (Å²) in [4.78, 5) is 15.2. The lowest BCUT2D eigenvalue weighted by molar-refractivity contribution is 0.673. The number of fused-ring (bicyclic) bond motifs is 8. The van der Waals surface area contributed by atoms with Gasteiger partial charge in [-0.3, -0.25) is 0 Å². The lowest BCUT2D eigenvalue weighted by atomic mass is 9.97. The van der Waals surface area contributed by atoms with Crippen molar-refractivity contribution in [2.45, 2.75) is 0 Å². The van der Waals surface area contributed by atoms with Crippen LogP contribution in [0.25, 0.3) is 99.5 Å². The Morgan fingerprint density at radius 1 is 0.327 bits per heavy atom. The summed E-state index contributed by atoms with van der Waals surface area (Å²) in [6.07, 6.45) is 0. The first-order valence-corrected chi connectivity index (χ1v) is 16.4. The lowest BCUT2D eigenvalue weighted by Gasteiger charge is -2.10. The molecule has 8 aromatic carbocycles. The molecule has 2 aromatic heterocycles. The molecule has 0 atom stereocenters. The van der Waals surface area contributed by atoms with Gasteiger partial charge in [0.25, 0.3) is 0 Å². The summed E-state index contributed by atoms with van der Waals surface area (Å²) >= 11 is 0. The first-order valence-electron chi connectivity index (χ1n) is 16.4. The molecule has 4 heteroatoms. The third kappa shape index (κ3) is 4.49. The highest BCUT2D eigenvalue weighted by atomic mass is 16.3. The van der Waals surface area contributed by atoms with Crippen LogP contribution in [0.2, 0.25) is 0 Å². The van der Waals surface area contributed by atoms with E-state index in [1.807, 2.05) is 42.5 Å². The van der Waals surface area contributed by atoms with Crippen molar-refractivity contribution in [3.05, 3.63) is 164 Å². The molecule has 0 bridgehead atoms. The summed E-state index contributed by atoms with van der Waals surface area (Å²) in [5.74, 6) is 1.85. The van der Waals surface area contributed by atoms with Gasteiger partial charge >= 0.3 is 0 Å². The summed E-state index contributed by atoms with van der Waals surface area (Å²) < 4.78 is 6.68. The zero-order chi connectivity index (χ0) is 32.3. The van der Waals surface area contributed by atoms with Gasteiger partial charge in [0.2, 0.25) is 0 Å². The zero-order valence-electron chi connectivity index (χ0n) is 26.3. The Kier molecular flexibility index (Phi) is 6.15. The smallest absolute Gasteiger partial charge is 0.164 e. The van der Waals surface area contributed by atoms with E-state index in [-0.39, 0.29) is 0 Å². The Balaban J connectivity index is 1.17. The Labute approximate surface area is 282 Å². The van der Waals surface area contributed by atoms with Crippen LogP contribution in [0.3, 0.4) is 0 Å². The Morgan fingerprint density at radius 3 is 1.71 bits per heavy atom.